The van der Waals surface area contributed by atoms with E-state index in [2.05, 4.69) is 59.3 Å². The molecule has 0 aliphatic carbocycles. The zero-order valence-electron chi connectivity index (χ0n) is 13.5. The Labute approximate surface area is 134 Å². The molecule has 0 unspecified atom stereocenters. The van der Waals surface area contributed by atoms with E-state index in [9.17, 15) is 0 Å². The van der Waals surface area contributed by atoms with Crippen molar-refractivity contribution in [1.29, 1.82) is 0 Å². The molecule has 0 spiro atoms. The van der Waals surface area contributed by atoms with Crippen molar-refractivity contribution in [3.8, 4) is 0 Å². The van der Waals surface area contributed by atoms with E-state index in [-0.39, 0.29) is 0 Å². The third-order valence-electron chi connectivity index (χ3n) is 4.90. The Hall–Kier alpha value is -1.67. The third kappa shape index (κ3) is 3.75. The fraction of sp³-hybridized carbons (Fsp3) is 0.450. The van der Waals surface area contributed by atoms with Crippen molar-refractivity contribution in [2.24, 2.45) is 0 Å². The summed E-state index contributed by atoms with van der Waals surface area (Å²) < 4.78 is 0. The molecule has 2 nitrogen and oxygen atoms in total. The van der Waals surface area contributed by atoms with Gasteiger partial charge in [-0.3, -0.25) is 9.88 Å². The fourth-order valence-corrected chi connectivity index (χ4v) is 3.52. The molecule has 2 aromatic rings. The summed E-state index contributed by atoms with van der Waals surface area (Å²) in [5.41, 5.74) is 2.84. The first-order chi connectivity index (χ1) is 10.8. The maximum absolute atomic E-state index is 4.31. The van der Waals surface area contributed by atoms with E-state index in [4.69, 9.17) is 0 Å². The van der Waals surface area contributed by atoms with Crippen LogP contribution in [0.5, 0.6) is 0 Å². The lowest BCUT2D eigenvalue weighted by molar-refractivity contribution is 0.144. The summed E-state index contributed by atoms with van der Waals surface area (Å²) in [4.78, 5) is 6.98. The lowest BCUT2D eigenvalue weighted by Crippen LogP contribution is -2.34. The van der Waals surface area contributed by atoms with Crippen LogP contribution >= 0.6 is 0 Å². The van der Waals surface area contributed by atoms with Crippen LogP contribution in [-0.4, -0.2) is 23.0 Å². The highest BCUT2D eigenvalue weighted by Crippen LogP contribution is 2.31. The second-order valence-corrected chi connectivity index (χ2v) is 6.43. The molecule has 1 aliphatic heterocycles. The Balaban J connectivity index is 1.62. The predicted octanol–water partition coefficient (Wildman–Crippen LogP) is 4.80. The minimum Gasteiger partial charge on any atom is -0.296 e. The summed E-state index contributed by atoms with van der Waals surface area (Å²) >= 11 is 0. The Morgan fingerprint density at radius 1 is 1.14 bits per heavy atom. The first-order valence-electron chi connectivity index (χ1n) is 8.53. The molecule has 0 bridgehead atoms. The molecule has 1 aromatic carbocycles. The van der Waals surface area contributed by atoms with Crippen LogP contribution in [0.25, 0.3) is 0 Å². The van der Waals surface area contributed by atoms with Crippen LogP contribution in [0.2, 0.25) is 0 Å². The molecule has 0 radical (unpaired) electrons. The van der Waals surface area contributed by atoms with Gasteiger partial charge in [-0.2, -0.15) is 0 Å². The average Bonchev–Trinajstić information content (AvgIpc) is 2.61. The molecule has 3 rings (SSSR count). The van der Waals surface area contributed by atoms with Gasteiger partial charge in [0.25, 0.3) is 0 Å². The third-order valence-corrected chi connectivity index (χ3v) is 4.90. The summed E-state index contributed by atoms with van der Waals surface area (Å²) in [6.45, 7) is 4.75. The number of rotatable bonds is 5. The van der Waals surface area contributed by atoms with Gasteiger partial charge in [-0.05, 0) is 55.5 Å². The number of aromatic nitrogens is 1. The molecule has 1 saturated heterocycles. The average molecular weight is 294 g/mol. The van der Waals surface area contributed by atoms with Crippen LogP contribution in [0.4, 0.5) is 0 Å². The first-order valence-corrected chi connectivity index (χ1v) is 8.53. The van der Waals surface area contributed by atoms with Gasteiger partial charge < -0.3 is 0 Å². The summed E-state index contributed by atoms with van der Waals surface area (Å²) in [6.07, 6.45) is 9.07. The first kappa shape index (κ1) is 15.2. The van der Waals surface area contributed by atoms with Crippen molar-refractivity contribution < 1.29 is 0 Å². The van der Waals surface area contributed by atoms with E-state index in [0.29, 0.717) is 12.0 Å². The van der Waals surface area contributed by atoms with Gasteiger partial charge in [0, 0.05) is 18.4 Å². The molecular weight excluding hydrogens is 268 g/mol. The van der Waals surface area contributed by atoms with Crippen LogP contribution in [0.1, 0.15) is 55.7 Å². The molecule has 116 valence electrons. The normalized spacial score (nSPS) is 20.7. The molecule has 22 heavy (non-hydrogen) atoms. The van der Waals surface area contributed by atoms with E-state index < -0.39 is 0 Å². The molecule has 2 atom stereocenters. The highest BCUT2D eigenvalue weighted by Gasteiger charge is 2.24. The van der Waals surface area contributed by atoms with E-state index in [1.807, 2.05) is 12.4 Å². The van der Waals surface area contributed by atoms with Crippen molar-refractivity contribution in [1.82, 2.24) is 9.88 Å². The molecular formula is C20H26N2. The fourth-order valence-electron chi connectivity index (χ4n) is 3.52. The number of hydrogen-bond acceptors (Lipinski definition) is 2. The topological polar surface area (TPSA) is 16.1 Å². The minimum atomic E-state index is 0.561. The SMILES string of the molecule is C[C@@H](CCN1CCCC[C@H]1c1cccnc1)c1ccccc1. The summed E-state index contributed by atoms with van der Waals surface area (Å²) in [5, 5.41) is 0. The van der Waals surface area contributed by atoms with Gasteiger partial charge in [-0.15, -0.1) is 0 Å². The van der Waals surface area contributed by atoms with E-state index in [1.165, 1.54) is 49.9 Å². The quantitative estimate of drug-likeness (QED) is 0.787. The summed E-state index contributed by atoms with van der Waals surface area (Å²) in [7, 11) is 0. The number of benzene rings is 1. The lowest BCUT2D eigenvalue weighted by Gasteiger charge is -2.36. The molecule has 2 heterocycles. The smallest absolute Gasteiger partial charge is 0.0363 e. The molecule has 1 aromatic heterocycles. The lowest BCUT2D eigenvalue weighted by atomic mass is 9.93. The van der Waals surface area contributed by atoms with Crippen molar-refractivity contribution in [3.63, 3.8) is 0 Å². The van der Waals surface area contributed by atoms with E-state index >= 15 is 0 Å². The maximum atomic E-state index is 4.31. The molecule has 1 fully saturated rings. The van der Waals surface area contributed by atoms with E-state index in [0.717, 1.165) is 0 Å². The van der Waals surface area contributed by atoms with Gasteiger partial charge in [-0.1, -0.05) is 49.7 Å². The van der Waals surface area contributed by atoms with Crippen LogP contribution in [0.15, 0.2) is 54.9 Å². The number of pyridine rings is 1. The monoisotopic (exact) mass is 294 g/mol. The van der Waals surface area contributed by atoms with Gasteiger partial charge in [-0.25, -0.2) is 0 Å². The number of likely N-dealkylation sites (tertiary alicyclic amines) is 1. The van der Waals surface area contributed by atoms with Crippen molar-refractivity contribution in [2.75, 3.05) is 13.1 Å². The highest BCUT2D eigenvalue weighted by molar-refractivity contribution is 5.19. The molecule has 0 amide bonds. The van der Waals surface area contributed by atoms with Crippen molar-refractivity contribution in [3.05, 3.63) is 66.0 Å². The van der Waals surface area contributed by atoms with E-state index in [1.54, 1.807) is 0 Å². The Morgan fingerprint density at radius 2 is 2.00 bits per heavy atom. The molecule has 0 saturated carbocycles. The zero-order chi connectivity index (χ0) is 15.2. The summed E-state index contributed by atoms with van der Waals surface area (Å²) in [5.74, 6) is 0.623. The van der Waals surface area contributed by atoms with Gasteiger partial charge in [0.2, 0.25) is 0 Å². The van der Waals surface area contributed by atoms with Gasteiger partial charge in [0.1, 0.15) is 0 Å². The highest BCUT2D eigenvalue weighted by atomic mass is 15.2. The van der Waals surface area contributed by atoms with Gasteiger partial charge >= 0.3 is 0 Å². The standard InChI is InChI=1S/C20H26N2/c1-17(18-8-3-2-4-9-18)12-15-22-14-6-5-11-20(22)19-10-7-13-21-16-19/h2-4,7-10,13,16-17,20H,5-6,11-12,14-15H2,1H3/t17-,20-/m0/s1. The largest absolute Gasteiger partial charge is 0.296 e. The van der Waals surface area contributed by atoms with Crippen LogP contribution < -0.4 is 0 Å². The van der Waals surface area contributed by atoms with Crippen molar-refractivity contribution in [2.45, 2.75) is 44.6 Å². The Kier molecular flexibility index (Phi) is 5.23. The maximum Gasteiger partial charge on any atom is 0.0363 e. The predicted molar refractivity (Wildman–Crippen MR) is 91.9 cm³/mol. The molecule has 2 heteroatoms. The Morgan fingerprint density at radius 3 is 2.77 bits per heavy atom. The molecule has 0 N–H and O–H groups in total. The van der Waals surface area contributed by atoms with Gasteiger partial charge in [0.15, 0.2) is 0 Å². The Bertz CT molecular complexity index is 552. The second kappa shape index (κ2) is 7.55. The minimum absolute atomic E-state index is 0.561. The summed E-state index contributed by atoms with van der Waals surface area (Å²) in [6, 6.07) is 15.7. The second-order valence-electron chi connectivity index (χ2n) is 6.43. The number of hydrogen-bond donors (Lipinski definition) is 0. The zero-order valence-corrected chi connectivity index (χ0v) is 13.5. The number of piperidine rings is 1. The van der Waals surface area contributed by atoms with Crippen LogP contribution in [0, 0.1) is 0 Å². The number of nitrogens with zero attached hydrogens (tertiary/aromatic N) is 2. The molecule has 1 aliphatic rings. The van der Waals surface area contributed by atoms with Crippen molar-refractivity contribution >= 4 is 0 Å². The van der Waals surface area contributed by atoms with Crippen LogP contribution in [0.3, 0.4) is 0 Å². The van der Waals surface area contributed by atoms with Gasteiger partial charge in [0.05, 0.1) is 0 Å². The van der Waals surface area contributed by atoms with Crippen LogP contribution in [-0.2, 0) is 0 Å².